The monoisotopic (exact) mass is 309 g/mol. The Kier molecular flexibility index (Phi) is 3.62. The lowest BCUT2D eigenvalue weighted by atomic mass is 10.0. The number of hydrogen-bond acceptors (Lipinski definition) is 4. The highest BCUT2D eigenvalue weighted by Gasteiger charge is 2.10. The van der Waals surface area contributed by atoms with Gasteiger partial charge in [-0.15, -0.1) is 0 Å². The van der Waals surface area contributed by atoms with Gasteiger partial charge >= 0.3 is 5.63 Å². The van der Waals surface area contributed by atoms with E-state index in [1.54, 1.807) is 30.3 Å². The Bertz CT molecular complexity index is 955. The van der Waals surface area contributed by atoms with Crippen LogP contribution in [-0.4, -0.2) is 11.0 Å². The van der Waals surface area contributed by atoms with Gasteiger partial charge in [-0.1, -0.05) is 12.1 Å². The molecule has 1 aromatic heterocycles. The summed E-state index contributed by atoms with van der Waals surface area (Å²) < 4.78 is 5.11. The number of aromatic hydroxyl groups is 1. The Labute approximate surface area is 132 Å². The first kappa shape index (κ1) is 14.8. The summed E-state index contributed by atoms with van der Waals surface area (Å²) in [5.74, 6) is -0.115. The van der Waals surface area contributed by atoms with Crippen molar-refractivity contribution in [3.63, 3.8) is 0 Å². The second kappa shape index (κ2) is 5.61. The van der Waals surface area contributed by atoms with Crippen molar-refractivity contribution in [1.29, 1.82) is 0 Å². The first-order valence-corrected chi connectivity index (χ1v) is 7.09. The molecule has 0 spiro atoms. The zero-order valence-corrected chi connectivity index (χ0v) is 12.7. The van der Waals surface area contributed by atoms with Gasteiger partial charge in [0.05, 0.1) is 0 Å². The molecule has 5 heteroatoms. The highest BCUT2D eigenvalue weighted by molar-refractivity contribution is 5.91. The fourth-order valence-electron chi connectivity index (χ4n) is 2.52. The molecule has 2 N–H and O–H groups in total. The third-order valence-electron chi connectivity index (χ3n) is 3.58. The number of hydrogen-bond donors (Lipinski definition) is 2. The number of carbonyl (C=O) groups is 1. The molecule has 0 unspecified atom stereocenters. The molecular weight excluding hydrogens is 294 g/mol. The Morgan fingerprint density at radius 2 is 1.83 bits per heavy atom. The van der Waals surface area contributed by atoms with E-state index in [-0.39, 0.29) is 11.7 Å². The predicted octanol–water partition coefficient (Wildman–Crippen LogP) is 3.43. The molecular formula is C18H15NO4. The molecule has 3 rings (SSSR count). The number of aryl methyl sites for hydroxylation is 1. The summed E-state index contributed by atoms with van der Waals surface area (Å²) in [5, 5.41) is 13.7. The number of carbonyl (C=O) groups excluding carboxylic acids is 1. The molecule has 1 amide bonds. The van der Waals surface area contributed by atoms with Crippen LogP contribution in [0.2, 0.25) is 0 Å². The van der Waals surface area contributed by atoms with Crippen molar-refractivity contribution in [2.45, 2.75) is 13.8 Å². The molecule has 0 aliphatic rings. The van der Waals surface area contributed by atoms with Crippen LogP contribution in [0.5, 0.6) is 5.75 Å². The maximum atomic E-state index is 11.4. The van der Waals surface area contributed by atoms with Crippen LogP contribution < -0.4 is 10.9 Å². The summed E-state index contributed by atoms with van der Waals surface area (Å²) in [6, 6.07) is 11.8. The Balaban J connectivity index is 2.10. The fourth-order valence-corrected chi connectivity index (χ4v) is 2.52. The summed E-state index contributed by atoms with van der Waals surface area (Å²) in [5.41, 5.74) is 2.80. The molecule has 0 saturated heterocycles. The predicted molar refractivity (Wildman–Crippen MR) is 88.6 cm³/mol. The second-order valence-electron chi connectivity index (χ2n) is 5.37. The fraction of sp³-hybridized carbons (Fsp3) is 0.111. The molecule has 23 heavy (non-hydrogen) atoms. The van der Waals surface area contributed by atoms with Gasteiger partial charge in [0.2, 0.25) is 5.91 Å². The molecule has 0 atom stereocenters. The molecule has 0 radical (unpaired) electrons. The topological polar surface area (TPSA) is 79.5 Å². The van der Waals surface area contributed by atoms with Crippen molar-refractivity contribution in [2.75, 3.05) is 5.32 Å². The van der Waals surface area contributed by atoms with E-state index >= 15 is 0 Å². The van der Waals surface area contributed by atoms with Crippen molar-refractivity contribution >= 4 is 22.6 Å². The Morgan fingerprint density at radius 1 is 1.13 bits per heavy atom. The minimum atomic E-state index is -0.443. The van der Waals surface area contributed by atoms with Crippen molar-refractivity contribution < 1.29 is 14.3 Å². The quantitative estimate of drug-likeness (QED) is 0.711. The molecule has 0 aliphatic carbocycles. The molecule has 2 aromatic carbocycles. The van der Waals surface area contributed by atoms with Crippen LogP contribution in [0.3, 0.4) is 0 Å². The maximum Gasteiger partial charge on any atom is 0.336 e. The molecule has 3 aromatic rings. The summed E-state index contributed by atoms with van der Waals surface area (Å²) in [7, 11) is 0. The van der Waals surface area contributed by atoms with Gasteiger partial charge in [-0.3, -0.25) is 4.79 Å². The minimum absolute atomic E-state index is 0.0264. The largest absolute Gasteiger partial charge is 0.507 e. The highest BCUT2D eigenvalue weighted by Crippen LogP contribution is 2.34. The van der Waals surface area contributed by atoms with Crippen molar-refractivity contribution in [1.82, 2.24) is 0 Å². The van der Waals surface area contributed by atoms with Gasteiger partial charge in [-0.2, -0.15) is 0 Å². The van der Waals surface area contributed by atoms with Crippen LogP contribution in [-0.2, 0) is 4.79 Å². The van der Waals surface area contributed by atoms with Gasteiger partial charge in [0.25, 0.3) is 0 Å². The molecule has 116 valence electrons. The highest BCUT2D eigenvalue weighted by atomic mass is 16.4. The lowest BCUT2D eigenvalue weighted by molar-refractivity contribution is -0.114. The average molecular weight is 309 g/mol. The van der Waals surface area contributed by atoms with Gasteiger partial charge in [-0.25, -0.2) is 4.79 Å². The van der Waals surface area contributed by atoms with E-state index < -0.39 is 5.63 Å². The zero-order chi connectivity index (χ0) is 16.6. The van der Waals surface area contributed by atoms with Crippen molar-refractivity contribution in [3.8, 4) is 16.9 Å². The minimum Gasteiger partial charge on any atom is -0.507 e. The van der Waals surface area contributed by atoms with E-state index in [0.717, 1.165) is 16.5 Å². The SMILES string of the molecule is CC(=O)Nc1ccc(-c2cc3c(C)cc(=O)oc3cc2O)cc1. The number of anilines is 1. The van der Waals surface area contributed by atoms with E-state index in [1.165, 1.54) is 19.1 Å². The molecule has 5 nitrogen and oxygen atoms in total. The summed E-state index contributed by atoms with van der Waals surface area (Å²) in [4.78, 5) is 22.5. The number of amides is 1. The smallest absolute Gasteiger partial charge is 0.336 e. The van der Waals surface area contributed by atoms with Crippen LogP contribution in [0.15, 0.2) is 51.7 Å². The number of phenolic OH excluding ortho intramolecular Hbond substituents is 1. The second-order valence-corrected chi connectivity index (χ2v) is 5.37. The van der Waals surface area contributed by atoms with E-state index in [2.05, 4.69) is 5.32 Å². The van der Waals surface area contributed by atoms with E-state index in [1.807, 2.05) is 6.92 Å². The molecule has 0 bridgehead atoms. The van der Waals surface area contributed by atoms with Crippen molar-refractivity contribution in [3.05, 3.63) is 58.4 Å². The van der Waals surface area contributed by atoms with Crippen LogP contribution in [0.1, 0.15) is 12.5 Å². The third kappa shape index (κ3) is 2.94. The number of nitrogens with one attached hydrogen (secondary N) is 1. The van der Waals surface area contributed by atoms with E-state index in [0.29, 0.717) is 16.8 Å². The first-order chi connectivity index (χ1) is 10.9. The van der Waals surface area contributed by atoms with E-state index in [4.69, 9.17) is 4.42 Å². The zero-order valence-electron chi connectivity index (χ0n) is 12.7. The molecule has 0 aliphatic heterocycles. The maximum absolute atomic E-state index is 11.4. The molecule has 0 saturated carbocycles. The Hall–Kier alpha value is -3.08. The number of phenols is 1. The molecule has 1 heterocycles. The lowest BCUT2D eigenvalue weighted by Gasteiger charge is -2.09. The average Bonchev–Trinajstić information content (AvgIpc) is 2.47. The molecule has 0 fully saturated rings. The van der Waals surface area contributed by atoms with E-state index in [9.17, 15) is 14.7 Å². The number of benzene rings is 2. The van der Waals surface area contributed by atoms with Gasteiger partial charge < -0.3 is 14.8 Å². The van der Waals surface area contributed by atoms with Gasteiger partial charge in [-0.05, 0) is 36.2 Å². The number of fused-ring (bicyclic) bond motifs is 1. The lowest BCUT2D eigenvalue weighted by Crippen LogP contribution is -2.05. The van der Waals surface area contributed by atoms with Crippen LogP contribution in [0.4, 0.5) is 5.69 Å². The van der Waals surface area contributed by atoms with Crippen molar-refractivity contribution in [2.24, 2.45) is 0 Å². The summed E-state index contributed by atoms with van der Waals surface area (Å²) >= 11 is 0. The van der Waals surface area contributed by atoms with Crippen LogP contribution >= 0.6 is 0 Å². The Morgan fingerprint density at radius 3 is 2.48 bits per heavy atom. The summed E-state index contributed by atoms with van der Waals surface area (Å²) in [6.07, 6.45) is 0. The normalized spacial score (nSPS) is 10.7. The van der Waals surface area contributed by atoms with Crippen LogP contribution in [0.25, 0.3) is 22.1 Å². The first-order valence-electron chi connectivity index (χ1n) is 7.09. The van der Waals surface area contributed by atoms with Gasteiger partial charge in [0.1, 0.15) is 11.3 Å². The van der Waals surface area contributed by atoms with Gasteiger partial charge in [0.15, 0.2) is 0 Å². The van der Waals surface area contributed by atoms with Crippen LogP contribution in [0, 0.1) is 6.92 Å². The number of rotatable bonds is 2. The standard InChI is InChI=1S/C18H15NO4/c1-10-7-18(22)23-17-9-16(21)15(8-14(10)17)12-3-5-13(6-4-12)19-11(2)20/h3-9,21H,1-2H3,(H,19,20). The third-order valence-corrected chi connectivity index (χ3v) is 3.58. The summed E-state index contributed by atoms with van der Waals surface area (Å²) in [6.45, 7) is 3.26. The van der Waals surface area contributed by atoms with Gasteiger partial charge in [0, 0.05) is 35.7 Å².